The molecule has 1 rings (SSSR count). The molecule has 0 spiro atoms. The van der Waals surface area contributed by atoms with Crippen LogP contribution in [0.15, 0.2) is 18.2 Å². The molecule has 0 unspecified atom stereocenters. The molecule has 0 bridgehead atoms. The van der Waals surface area contributed by atoms with Crippen molar-refractivity contribution < 1.29 is 0 Å². The summed E-state index contributed by atoms with van der Waals surface area (Å²) in [5.74, 6) is 0. The summed E-state index contributed by atoms with van der Waals surface area (Å²) in [6, 6.07) is 6.60. The molecule has 2 N–H and O–H groups in total. The Bertz CT molecular complexity index is 258. The second-order valence-corrected chi connectivity index (χ2v) is 3.32. The zero-order valence-electron chi connectivity index (χ0n) is 8.34. The molecular weight excluding hydrogens is 182 g/mol. The summed E-state index contributed by atoms with van der Waals surface area (Å²) in [4.78, 5) is 0. The SMILES string of the molecule is Cc1ccc(CCCN)c(C)c1.Cl. The molecule has 1 aromatic carbocycles. The molecule has 13 heavy (non-hydrogen) atoms. The second-order valence-electron chi connectivity index (χ2n) is 3.32. The van der Waals surface area contributed by atoms with Crippen LogP contribution in [0.2, 0.25) is 0 Å². The summed E-state index contributed by atoms with van der Waals surface area (Å²) in [6.07, 6.45) is 2.20. The van der Waals surface area contributed by atoms with E-state index in [1.54, 1.807) is 0 Å². The Balaban J connectivity index is 0.00000144. The van der Waals surface area contributed by atoms with Crippen LogP contribution in [0.3, 0.4) is 0 Å². The maximum Gasteiger partial charge on any atom is -0.00741 e. The number of hydrogen-bond donors (Lipinski definition) is 1. The standard InChI is InChI=1S/C11H17N.ClH/c1-9-5-6-11(4-3-7-12)10(2)8-9;/h5-6,8H,3-4,7,12H2,1-2H3;1H. The predicted octanol–water partition coefficient (Wildman–Crippen LogP) is 2.62. The Labute approximate surface area is 86.7 Å². The summed E-state index contributed by atoms with van der Waals surface area (Å²) in [5.41, 5.74) is 9.62. The molecule has 0 aromatic heterocycles. The molecule has 0 aliphatic carbocycles. The van der Waals surface area contributed by atoms with Crippen molar-refractivity contribution in [2.24, 2.45) is 5.73 Å². The van der Waals surface area contributed by atoms with Gasteiger partial charge in [-0.2, -0.15) is 0 Å². The van der Waals surface area contributed by atoms with Crippen molar-refractivity contribution in [3.8, 4) is 0 Å². The Morgan fingerprint density at radius 2 is 1.92 bits per heavy atom. The molecule has 0 heterocycles. The summed E-state index contributed by atoms with van der Waals surface area (Å²) < 4.78 is 0. The highest BCUT2D eigenvalue weighted by molar-refractivity contribution is 5.85. The van der Waals surface area contributed by atoms with E-state index >= 15 is 0 Å². The zero-order valence-corrected chi connectivity index (χ0v) is 9.16. The Morgan fingerprint density at radius 3 is 2.46 bits per heavy atom. The van der Waals surface area contributed by atoms with Gasteiger partial charge in [-0.15, -0.1) is 12.4 Å². The number of nitrogens with two attached hydrogens (primary N) is 1. The maximum atomic E-state index is 5.46. The van der Waals surface area contributed by atoms with Gasteiger partial charge in [0.2, 0.25) is 0 Å². The van der Waals surface area contributed by atoms with Crippen LogP contribution in [-0.4, -0.2) is 6.54 Å². The van der Waals surface area contributed by atoms with Crippen molar-refractivity contribution in [1.82, 2.24) is 0 Å². The molecule has 1 aromatic rings. The van der Waals surface area contributed by atoms with Crippen LogP contribution < -0.4 is 5.73 Å². The molecule has 0 fully saturated rings. The number of aryl methyl sites for hydroxylation is 3. The third kappa shape index (κ3) is 3.79. The van der Waals surface area contributed by atoms with Crippen molar-refractivity contribution in [3.05, 3.63) is 34.9 Å². The number of hydrogen-bond acceptors (Lipinski definition) is 1. The van der Waals surface area contributed by atoms with Crippen molar-refractivity contribution in [2.45, 2.75) is 26.7 Å². The third-order valence-electron chi connectivity index (χ3n) is 2.15. The lowest BCUT2D eigenvalue weighted by molar-refractivity contribution is 0.827. The summed E-state index contributed by atoms with van der Waals surface area (Å²) >= 11 is 0. The molecule has 74 valence electrons. The van der Waals surface area contributed by atoms with E-state index in [2.05, 4.69) is 32.0 Å². The summed E-state index contributed by atoms with van der Waals surface area (Å²) in [6.45, 7) is 5.08. The molecule has 0 saturated heterocycles. The highest BCUT2D eigenvalue weighted by Gasteiger charge is 1.96. The van der Waals surface area contributed by atoms with Gasteiger partial charge in [0.25, 0.3) is 0 Å². The smallest absolute Gasteiger partial charge is 0.00741 e. The van der Waals surface area contributed by atoms with E-state index in [9.17, 15) is 0 Å². The monoisotopic (exact) mass is 199 g/mol. The zero-order chi connectivity index (χ0) is 8.97. The molecule has 0 aliphatic rings. The lowest BCUT2D eigenvalue weighted by Gasteiger charge is -2.05. The Hall–Kier alpha value is -0.530. The molecule has 0 radical (unpaired) electrons. The van der Waals surface area contributed by atoms with Crippen molar-refractivity contribution >= 4 is 12.4 Å². The highest BCUT2D eigenvalue weighted by atomic mass is 35.5. The lowest BCUT2D eigenvalue weighted by Crippen LogP contribution is -2.01. The third-order valence-corrected chi connectivity index (χ3v) is 2.15. The quantitative estimate of drug-likeness (QED) is 0.796. The van der Waals surface area contributed by atoms with Gasteiger partial charge in [-0.1, -0.05) is 23.8 Å². The molecule has 2 heteroatoms. The fourth-order valence-corrected chi connectivity index (χ4v) is 1.42. The number of halogens is 1. The predicted molar refractivity (Wildman–Crippen MR) is 60.5 cm³/mol. The van der Waals surface area contributed by atoms with Crippen LogP contribution in [0.25, 0.3) is 0 Å². The van der Waals surface area contributed by atoms with Crippen LogP contribution in [-0.2, 0) is 6.42 Å². The Morgan fingerprint density at radius 1 is 1.23 bits per heavy atom. The number of rotatable bonds is 3. The highest BCUT2D eigenvalue weighted by Crippen LogP contribution is 2.11. The molecule has 0 amide bonds. The fourth-order valence-electron chi connectivity index (χ4n) is 1.42. The van der Waals surface area contributed by atoms with Gasteiger partial charge in [0, 0.05) is 0 Å². The van der Waals surface area contributed by atoms with E-state index in [0.717, 1.165) is 19.4 Å². The van der Waals surface area contributed by atoms with Crippen molar-refractivity contribution in [1.29, 1.82) is 0 Å². The van der Waals surface area contributed by atoms with Crippen molar-refractivity contribution in [2.75, 3.05) is 6.54 Å². The van der Waals surface area contributed by atoms with E-state index in [-0.39, 0.29) is 12.4 Å². The first-order valence-corrected chi connectivity index (χ1v) is 4.50. The van der Waals surface area contributed by atoms with Crippen LogP contribution in [0.5, 0.6) is 0 Å². The molecule has 0 atom stereocenters. The minimum absolute atomic E-state index is 0. The topological polar surface area (TPSA) is 26.0 Å². The summed E-state index contributed by atoms with van der Waals surface area (Å²) in [5, 5.41) is 0. The van der Waals surface area contributed by atoms with Crippen LogP contribution >= 0.6 is 12.4 Å². The second kappa shape index (κ2) is 6.01. The minimum atomic E-state index is 0. The van der Waals surface area contributed by atoms with Crippen molar-refractivity contribution in [3.63, 3.8) is 0 Å². The van der Waals surface area contributed by atoms with Crippen LogP contribution in [0.4, 0.5) is 0 Å². The Kier molecular flexibility index (Phi) is 5.76. The van der Waals surface area contributed by atoms with E-state index in [0.29, 0.717) is 0 Å². The van der Waals surface area contributed by atoms with Gasteiger partial charge in [-0.3, -0.25) is 0 Å². The van der Waals surface area contributed by atoms with Crippen LogP contribution in [0.1, 0.15) is 23.1 Å². The largest absolute Gasteiger partial charge is 0.330 e. The first kappa shape index (κ1) is 12.5. The van der Waals surface area contributed by atoms with Gasteiger partial charge in [-0.05, 0) is 44.4 Å². The molecule has 1 nitrogen and oxygen atoms in total. The number of benzene rings is 1. The van der Waals surface area contributed by atoms with Gasteiger partial charge in [0.05, 0.1) is 0 Å². The lowest BCUT2D eigenvalue weighted by atomic mass is 10.0. The molecular formula is C11H18ClN. The van der Waals surface area contributed by atoms with E-state index in [1.165, 1.54) is 16.7 Å². The average molecular weight is 200 g/mol. The summed E-state index contributed by atoms with van der Waals surface area (Å²) in [7, 11) is 0. The van der Waals surface area contributed by atoms with E-state index in [1.807, 2.05) is 0 Å². The van der Waals surface area contributed by atoms with E-state index < -0.39 is 0 Å². The maximum absolute atomic E-state index is 5.46. The van der Waals surface area contributed by atoms with Gasteiger partial charge in [-0.25, -0.2) is 0 Å². The van der Waals surface area contributed by atoms with E-state index in [4.69, 9.17) is 5.73 Å². The molecule has 0 saturated carbocycles. The molecule has 0 aliphatic heterocycles. The minimum Gasteiger partial charge on any atom is -0.330 e. The van der Waals surface area contributed by atoms with Gasteiger partial charge in [0.1, 0.15) is 0 Å². The normalized spacial score (nSPS) is 9.46. The first-order valence-electron chi connectivity index (χ1n) is 4.50. The average Bonchev–Trinajstić information content (AvgIpc) is 2.03. The van der Waals surface area contributed by atoms with Gasteiger partial charge >= 0.3 is 0 Å². The van der Waals surface area contributed by atoms with Gasteiger partial charge in [0.15, 0.2) is 0 Å². The van der Waals surface area contributed by atoms with Gasteiger partial charge < -0.3 is 5.73 Å². The van der Waals surface area contributed by atoms with Crippen LogP contribution in [0, 0.1) is 13.8 Å². The fraction of sp³-hybridized carbons (Fsp3) is 0.455. The first-order chi connectivity index (χ1) is 5.74.